The van der Waals surface area contributed by atoms with Crippen LogP contribution in [0.15, 0.2) is 42.5 Å². The summed E-state index contributed by atoms with van der Waals surface area (Å²) in [7, 11) is 3.30. The molecule has 2 aromatic rings. The number of amides is 2. The molecule has 0 heterocycles. The number of benzene rings is 2. The van der Waals surface area contributed by atoms with E-state index in [1.807, 2.05) is 19.1 Å². The van der Waals surface area contributed by atoms with Crippen LogP contribution >= 0.6 is 11.6 Å². The number of nitrogens with one attached hydrogen (secondary N) is 1. The zero-order valence-corrected chi connectivity index (χ0v) is 14.6. The van der Waals surface area contributed by atoms with E-state index in [1.54, 1.807) is 44.4 Å². The zero-order valence-electron chi connectivity index (χ0n) is 13.8. The Kier molecular flexibility index (Phi) is 5.82. The van der Waals surface area contributed by atoms with Crippen molar-refractivity contribution in [2.24, 2.45) is 0 Å². The summed E-state index contributed by atoms with van der Waals surface area (Å²) >= 11 is 6.11. The molecular weight excluding hydrogens is 328 g/mol. The summed E-state index contributed by atoms with van der Waals surface area (Å²) < 4.78 is 5.41. The molecule has 2 rings (SSSR count). The van der Waals surface area contributed by atoms with Crippen LogP contribution in [0.4, 0.5) is 5.69 Å². The molecule has 24 heavy (non-hydrogen) atoms. The average molecular weight is 347 g/mol. The van der Waals surface area contributed by atoms with Gasteiger partial charge >= 0.3 is 0 Å². The maximum absolute atomic E-state index is 11.9. The van der Waals surface area contributed by atoms with Crippen LogP contribution in [0.1, 0.15) is 15.9 Å². The number of hydrogen-bond donors (Lipinski definition) is 1. The Morgan fingerprint density at radius 1 is 1.12 bits per heavy atom. The lowest BCUT2D eigenvalue weighted by Gasteiger charge is -2.13. The molecule has 2 amide bonds. The first-order valence-electron chi connectivity index (χ1n) is 7.37. The van der Waals surface area contributed by atoms with Crippen molar-refractivity contribution < 1.29 is 14.3 Å². The van der Waals surface area contributed by atoms with E-state index in [1.165, 1.54) is 4.90 Å². The standard InChI is InChI=1S/C18H19ClN2O3/c1-12-4-7-14(8-5-12)24-11-17(22)20-13-6-9-15(16(19)10-13)18(23)21(2)3/h4-10H,11H2,1-3H3,(H,20,22). The number of anilines is 1. The van der Waals surface area contributed by atoms with Crippen LogP contribution in [0, 0.1) is 6.92 Å². The van der Waals surface area contributed by atoms with Gasteiger partial charge in [0.2, 0.25) is 0 Å². The molecule has 0 saturated heterocycles. The van der Waals surface area contributed by atoms with Crippen molar-refractivity contribution in [2.75, 3.05) is 26.0 Å². The largest absolute Gasteiger partial charge is 0.484 e. The second-order valence-electron chi connectivity index (χ2n) is 5.54. The molecule has 0 aromatic heterocycles. The van der Waals surface area contributed by atoms with Crippen LogP contribution in [-0.4, -0.2) is 37.4 Å². The number of aryl methyl sites for hydroxylation is 1. The van der Waals surface area contributed by atoms with Crippen LogP contribution in [0.2, 0.25) is 5.02 Å². The van der Waals surface area contributed by atoms with E-state index in [9.17, 15) is 9.59 Å². The Labute approximate surface area is 146 Å². The highest BCUT2D eigenvalue weighted by molar-refractivity contribution is 6.34. The summed E-state index contributed by atoms with van der Waals surface area (Å²) in [4.78, 5) is 25.3. The number of hydrogen-bond acceptors (Lipinski definition) is 3. The molecule has 0 fully saturated rings. The Hall–Kier alpha value is -2.53. The van der Waals surface area contributed by atoms with Gasteiger partial charge in [-0.15, -0.1) is 0 Å². The average Bonchev–Trinajstić information content (AvgIpc) is 2.54. The van der Waals surface area contributed by atoms with Gasteiger partial charge in [0.1, 0.15) is 5.75 Å². The van der Waals surface area contributed by atoms with E-state index < -0.39 is 0 Å². The molecule has 1 N–H and O–H groups in total. The molecule has 0 unspecified atom stereocenters. The van der Waals surface area contributed by atoms with Crippen molar-refractivity contribution in [1.29, 1.82) is 0 Å². The number of carbonyl (C=O) groups is 2. The zero-order chi connectivity index (χ0) is 17.7. The first-order chi connectivity index (χ1) is 11.4. The van der Waals surface area contributed by atoms with Crippen LogP contribution in [0.3, 0.4) is 0 Å². The molecule has 0 radical (unpaired) electrons. The number of ether oxygens (including phenoxy) is 1. The summed E-state index contributed by atoms with van der Waals surface area (Å²) in [5, 5.41) is 2.97. The normalized spacial score (nSPS) is 10.2. The topological polar surface area (TPSA) is 58.6 Å². The fourth-order valence-corrected chi connectivity index (χ4v) is 2.25. The minimum Gasteiger partial charge on any atom is -0.484 e. The van der Waals surface area contributed by atoms with Crippen LogP contribution in [-0.2, 0) is 4.79 Å². The molecule has 0 saturated carbocycles. The summed E-state index contributed by atoms with van der Waals surface area (Å²) in [6.45, 7) is 1.87. The molecule has 0 aliphatic heterocycles. The third-order valence-corrected chi connectivity index (χ3v) is 3.59. The Morgan fingerprint density at radius 2 is 1.79 bits per heavy atom. The summed E-state index contributed by atoms with van der Waals surface area (Å²) in [5.41, 5.74) is 2.01. The fraction of sp³-hybridized carbons (Fsp3) is 0.222. The third-order valence-electron chi connectivity index (χ3n) is 3.28. The van der Waals surface area contributed by atoms with Gasteiger partial charge in [-0.2, -0.15) is 0 Å². The molecule has 5 nitrogen and oxygen atoms in total. The summed E-state index contributed by atoms with van der Waals surface area (Å²) in [6.07, 6.45) is 0. The molecule has 0 aliphatic carbocycles. The fourth-order valence-electron chi connectivity index (χ4n) is 1.99. The van der Waals surface area contributed by atoms with Crippen molar-refractivity contribution in [3.63, 3.8) is 0 Å². The lowest BCUT2D eigenvalue weighted by atomic mass is 10.2. The highest BCUT2D eigenvalue weighted by atomic mass is 35.5. The van der Waals surface area contributed by atoms with Crippen molar-refractivity contribution in [3.05, 3.63) is 58.6 Å². The van der Waals surface area contributed by atoms with Gasteiger partial charge in [0.25, 0.3) is 11.8 Å². The van der Waals surface area contributed by atoms with Gasteiger partial charge in [0.15, 0.2) is 6.61 Å². The lowest BCUT2D eigenvalue weighted by molar-refractivity contribution is -0.118. The maximum atomic E-state index is 11.9. The van der Waals surface area contributed by atoms with Crippen molar-refractivity contribution in [2.45, 2.75) is 6.92 Å². The van der Waals surface area contributed by atoms with Crippen molar-refractivity contribution >= 4 is 29.1 Å². The van der Waals surface area contributed by atoms with Gasteiger partial charge < -0.3 is 15.0 Å². The van der Waals surface area contributed by atoms with Crippen LogP contribution in [0.25, 0.3) is 0 Å². The van der Waals surface area contributed by atoms with E-state index in [4.69, 9.17) is 16.3 Å². The number of halogens is 1. The molecule has 0 aliphatic rings. The second kappa shape index (κ2) is 7.84. The number of rotatable bonds is 5. The summed E-state index contributed by atoms with van der Waals surface area (Å²) in [5.74, 6) is 0.125. The summed E-state index contributed by atoms with van der Waals surface area (Å²) in [6, 6.07) is 12.2. The van der Waals surface area contributed by atoms with E-state index in [-0.39, 0.29) is 23.4 Å². The first kappa shape index (κ1) is 17.8. The number of nitrogens with zero attached hydrogens (tertiary/aromatic N) is 1. The second-order valence-corrected chi connectivity index (χ2v) is 5.95. The third kappa shape index (κ3) is 4.73. The van der Waals surface area contributed by atoms with Gasteiger partial charge in [0, 0.05) is 19.8 Å². The monoisotopic (exact) mass is 346 g/mol. The first-order valence-corrected chi connectivity index (χ1v) is 7.75. The minimum atomic E-state index is -0.307. The van der Waals surface area contributed by atoms with Gasteiger partial charge in [-0.25, -0.2) is 0 Å². The molecule has 6 heteroatoms. The molecular formula is C18H19ClN2O3. The molecule has 0 bridgehead atoms. The molecule has 126 valence electrons. The van der Waals surface area contributed by atoms with Crippen LogP contribution < -0.4 is 10.1 Å². The number of carbonyl (C=O) groups excluding carboxylic acids is 2. The SMILES string of the molecule is Cc1ccc(OCC(=O)Nc2ccc(C(=O)N(C)C)c(Cl)c2)cc1. The Morgan fingerprint density at radius 3 is 2.38 bits per heavy atom. The highest BCUT2D eigenvalue weighted by Crippen LogP contribution is 2.22. The smallest absolute Gasteiger partial charge is 0.262 e. The Balaban J connectivity index is 1.95. The lowest BCUT2D eigenvalue weighted by Crippen LogP contribution is -2.22. The van der Waals surface area contributed by atoms with Gasteiger partial charge in [-0.1, -0.05) is 29.3 Å². The molecule has 0 spiro atoms. The van der Waals surface area contributed by atoms with Gasteiger partial charge in [-0.05, 0) is 37.3 Å². The predicted octanol–water partition coefficient (Wildman–Crippen LogP) is 3.37. The minimum absolute atomic E-state index is 0.112. The van der Waals surface area contributed by atoms with Gasteiger partial charge in [0.05, 0.1) is 10.6 Å². The predicted molar refractivity (Wildman–Crippen MR) is 94.8 cm³/mol. The van der Waals surface area contributed by atoms with E-state index in [2.05, 4.69) is 5.32 Å². The van der Waals surface area contributed by atoms with Gasteiger partial charge in [-0.3, -0.25) is 9.59 Å². The maximum Gasteiger partial charge on any atom is 0.262 e. The highest BCUT2D eigenvalue weighted by Gasteiger charge is 2.13. The quantitative estimate of drug-likeness (QED) is 0.903. The van der Waals surface area contributed by atoms with E-state index in [0.29, 0.717) is 17.0 Å². The molecule has 0 atom stereocenters. The Bertz CT molecular complexity index is 742. The van der Waals surface area contributed by atoms with E-state index >= 15 is 0 Å². The molecule has 2 aromatic carbocycles. The van der Waals surface area contributed by atoms with E-state index in [0.717, 1.165) is 5.56 Å². The van der Waals surface area contributed by atoms with Crippen molar-refractivity contribution in [3.8, 4) is 5.75 Å². The van der Waals surface area contributed by atoms with Crippen LogP contribution in [0.5, 0.6) is 5.75 Å². The van der Waals surface area contributed by atoms with Crippen molar-refractivity contribution in [1.82, 2.24) is 4.90 Å².